The Balaban J connectivity index is 1.60. The van der Waals surface area contributed by atoms with Crippen LogP contribution in [-0.4, -0.2) is 57.7 Å². The number of rotatable bonds is 8. The van der Waals surface area contributed by atoms with Crippen LogP contribution in [0.15, 0.2) is 47.7 Å². The van der Waals surface area contributed by atoms with Gasteiger partial charge in [0, 0.05) is 44.5 Å². The number of aromatic nitrogens is 4. The third kappa shape index (κ3) is 5.46. The van der Waals surface area contributed by atoms with Crippen molar-refractivity contribution in [1.82, 2.24) is 30.0 Å². The highest BCUT2D eigenvalue weighted by Gasteiger charge is 2.26. The van der Waals surface area contributed by atoms with E-state index in [0.717, 1.165) is 60.6 Å². The Bertz CT molecular complexity index is 1190. The molecular weight excluding hydrogens is 412 g/mol. The molecule has 3 aromatic rings. The lowest BCUT2D eigenvalue weighted by Crippen LogP contribution is -2.23. The van der Waals surface area contributed by atoms with E-state index in [9.17, 15) is 0 Å². The van der Waals surface area contributed by atoms with Crippen molar-refractivity contribution in [2.75, 3.05) is 27.2 Å². The molecule has 172 valence electrons. The van der Waals surface area contributed by atoms with Crippen LogP contribution >= 0.6 is 0 Å². The number of hydrogen-bond acceptors (Lipinski definition) is 6. The van der Waals surface area contributed by atoms with Crippen LogP contribution in [0.4, 0.5) is 5.95 Å². The largest absolute Gasteiger partial charge is 0.389 e. The number of hydrogen-bond donors (Lipinski definition) is 2. The molecule has 1 aliphatic rings. The fraction of sp³-hybridized carbons (Fsp3) is 0.360. The predicted octanol–water partition coefficient (Wildman–Crippen LogP) is 2.53. The van der Waals surface area contributed by atoms with Gasteiger partial charge in [-0.1, -0.05) is 29.8 Å². The quantitative estimate of drug-likeness (QED) is 0.315. The average molecular weight is 445 g/mol. The van der Waals surface area contributed by atoms with Gasteiger partial charge in [0.2, 0.25) is 0 Å². The Hall–Kier alpha value is -3.52. The van der Waals surface area contributed by atoms with Gasteiger partial charge in [-0.3, -0.25) is 4.68 Å². The van der Waals surface area contributed by atoms with E-state index in [4.69, 9.17) is 15.8 Å². The summed E-state index contributed by atoms with van der Waals surface area (Å²) in [4.78, 5) is 15.8. The van der Waals surface area contributed by atoms with Crippen molar-refractivity contribution in [2.24, 2.45) is 17.8 Å². The summed E-state index contributed by atoms with van der Waals surface area (Å²) in [5.74, 6) is 0.719. The summed E-state index contributed by atoms with van der Waals surface area (Å²) < 4.78 is 1.99. The van der Waals surface area contributed by atoms with Crippen molar-refractivity contribution in [3.63, 3.8) is 0 Å². The van der Waals surface area contributed by atoms with Gasteiger partial charge in [-0.15, -0.1) is 0 Å². The van der Waals surface area contributed by atoms with Crippen LogP contribution in [0.5, 0.6) is 0 Å². The second kappa shape index (κ2) is 9.95. The summed E-state index contributed by atoms with van der Waals surface area (Å²) in [7, 11) is 6.08. The minimum atomic E-state index is 0.356. The summed E-state index contributed by atoms with van der Waals surface area (Å²) in [6.07, 6.45) is 7.97. The van der Waals surface area contributed by atoms with Crippen LogP contribution < -0.4 is 11.1 Å². The summed E-state index contributed by atoms with van der Waals surface area (Å²) in [5.41, 5.74) is 14.0. The van der Waals surface area contributed by atoms with Crippen LogP contribution in [0.3, 0.4) is 0 Å². The molecule has 0 atom stereocenters. The molecule has 8 nitrogen and oxygen atoms in total. The predicted molar refractivity (Wildman–Crippen MR) is 133 cm³/mol. The van der Waals surface area contributed by atoms with Crippen LogP contribution in [0, 0.1) is 6.92 Å². The molecule has 1 aliphatic carbocycles. The van der Waals surface area contributed by atoms with Crippen molar-refractivity contribution in [2.45, 2.75) is 26.2 Å². The molecule has 0 amide bonds. The van der Waals surface area contributed by atoms with Crippen molar-refractivity contribution >= 4 is 11.8 Å². The Kier molecular flexibility index (Phi) is 6.84. The zero-order valence-corrected chi connectivity index (χ0v) is 19.8. The van der Waals surface area contributed by atoms with E-state index in [-0.39, 0.29) is 0 Å². The van der Waals surface area contributed by atoms with E-state index in [0.29, 0.717) is 11.8 Å². The molecule has 3 N–H and O–H groups in total. The molecule has 8 heteroatoms. The monoisotopic (exact) mass is 444 g/mol. The summed E-state index contributed by atoms with van der Waals surface area (Å²) in [6.45, 7) is 3.89. The third-order valence-corrected chi connectivity index (χ3v) is 5.72. The van der Waals surface area contributed by atoms with E-state index in [2.05, 4.69) is 51.4 Å². The minimum Gasteiger partial charge on any atom is -0.389 e. The van der Waals surface area contributed by atoms with Gasteiger partial charge < -0.3 is 16.0 Å². The topological polar surface area (TPSA) is 97.2 Å². The Labute approximate surface area is 195 Å². The molecule has 0 saturated carbocycles. The normalized spacial score (nSPS) is 13.4. The van der Waals surface area contributed by atoms with Gasteiger partial charge >= 0.3 is 0 Å². The van der Waals surface area contributed by atoms with Gasteiger partial charge in [0.25, 0.3) is 5.95 Å². The fourth-order valence-corrected chi connectivity index (χ4v) is 4.06. The Morgan fingerprint density at radius 1 is 1.30 bits per heavy atom. The molecule has 0 aliphatic heterocycles. The number of amidine groups is 1. The molecule has 2 aromatic heterocycles. The van der Waals surface area contributed by atoms with E-state index in [1.807, 2.05) is 32.0 Å². The van der Waals surface area contributed by atoms with E-state index in [1.54, 1.807) is 12.3 Å². The highest BCUT2D eigenvalue weighted by molar-refractivity contribution is 5.92. The van der Waals surface area contributed by atoms with Gasteiger partial charge in [-0.2, -0.15) is 10.1 Å². The summed E-state index contributed by atoms with van der Waals surface area (Å²) in [6, 6.07) is 8.59. The zero-order chi connectivity index (χ0) is 23.4. The molecule has 2 heterocycles. The fourth-order valence-electron chi connectivity index (χ4n) is 4.06. The highest BCUT2D eigenvalue weighted by atomic mass is 15.3. The first-order valence-corrected chi connectivity index (χ1v) is 11.3. The average Bonchev–Trinajstić information content (AvgIpc) is 3.08. The first-order chi connectivity index (χ1) is 15.9. The summed E-state index contributed by atoms with van der Waals surface area (Å²) in [5, 5.41) is 8.00. The lowest BCUT2D eigenvalue weighted by Gasteiger charge is -2.16. The SMILES string of the molecule is Cc1cccc(Cc2c3c(nn2C)CCc2cnc(/N=C(N)\C=C/NCCN(C)C)nc2-3)c1. The number of aliphatic imine (C=N–C) groups is 1. The maximum atomic E-state index is 6.09. The lowest BCUT2D eigenvalue weighted by atomic mass is 9.91. The number of fused-ring (bicyclic) bond motifs is 3. The van der Waals surface area contributed by atoms with Gasteiger partial charge in [0.05, 0.1) is 17.1 Å². The second-order valence-electron chi connectivity index (χ2n) is 8.73. The molecule has 33 heavy (non-hydrogen) atoms. The molecular formula is C25H32N8. The van der Waals surface area contributed by atoms with E-state index >= 15 is 0 Å². The first-order valence-electron chi connectivity index (χ1n) is 11.3. The van der Waals surface area contributed by atoms with E-state index in [1.165, 1.54) is 11.1 Å². The zero-order valence-electron chi connectivity index (χ0n) is 19.8. The standard InChI is InChI=1S/C25H32N8/c1-17-6-5-7-18(14-17)15-21-23-20(31-33(21)4)9-8-19-16-28-25(30-24(19)23)29-22(26)10-11-27-12-13-32(2)3/h5-7,10-11,14,16,27H,8-9,12-13,15H2,1-4H3,(H2,26,28,29,30)/b11-10-. The third-order valence-electron chi connectivity index (χ3n) is 5.72. The van der Waals surface area contributed by atoms with Crippen LogP contribution in [0.25, 0.3) is 11.3 Å². The molecule has 0 radical (unpaired) electrons. The summed E-state index contributed by atoms with van der Waals surface area (Å²) >= 11 is 0. The smallest absolute Gasteiger partial charge is 0.251 e. The van der Waals surface area contributed by atoms with Crippen molar-refractivity contribution < 1.29 is 0 Å². The van der Waals surface area contributed by atoms with Crippen molar-refractivity contribution in [3.05, 3.63) is 70.8 Å². The van der Waals surface area contributed by atoms with Gasteiger partial charge in [-0.25, -0.2) is 9.97 Å². The Morgan fingerprint density at radius 2 is 2.15 bits per heavy atom. The van der Waals surface area contributed by atoms with E-state index < -0.39 is 0 Å². The van der Waals surface area contributed by atoms with Crippen LogP contribution in [0.2, 0.25) is 0 Å². The van der Waals surface area contributed by atoms with Crippen molar-refractivity contribution in [1.29, 1.82) is 0 Å². The molecule has 0 fully saturated rings. The van der Waals surface area contributed by atoms with Gasteiger partial charge in [0.15, 0.2) is 0 Å². The number of likely N-dealkylation sites (N-methyl/N-ethyl adjacent to an activating group) is 1. The highest BCUT2D eigenvalue weighted by Crippen LogP contribution is 2.35. The molecule has 4 rings (SSSR count). The number of benzene rings is 1. The van der Waals surface area contributed by atoms with Crippen molar-refractivity contribution in [3.8, 4) is 11.3 Å². The molecule has 0 unspecified atom stereocenters. The molecule has 0 bridgehead atoms. The number of nitrogens with two attached hydrogens (primary N) is 1. The van der Waals surface area contributed by atoms with Gasteiger partial charge in [0.1, 0.15) is 5.84 Å². The molecule has 0 spiro atoms. The van der Waals surface area contributed by atoms with Crippen LogP contribution in [-0.2, 0) is 26.3 Å². The second-order valence-corrected chi connectivity index (χ2v) is 8.73. The van der Waals surface area contributed by atoms with Crippen LogP contribution in [0.1, 0.15) is 28.1 Å². The lowest BCUT2D eigenvalue weighted by molar-refractivity contribution is 0.410. The molecule has 0 saturated heterocycles. The molecule has 1 aromatic carbocycles. The van der Waals surface area contributed by atoms with Gasteiger partial charge in [-0.05, 0) is 51.1 Å². The number of nitrogens with zero attached hydrogens (tertiary/aromatic N) is 6. The maximum Gasteiger partial charge on any atom is 0.251 e. The number of nitrogens with one attached hydrogen (secondary N) is 1. The maximum absolute atomic E-state index is 6.09. The first kappa shape index (κ1) is 22.7. The minimum absolute atomic E-state index is 0.356. The Morgan fingerprint density at radius 3 is 2.94 bits per heavy atom. The number of aryl methyl sites for hydroxylation is 4.